The Morgan fingerprint density at radius 1 is 1.17 bits per heavy atom. The Kier molecular flexibility index (Phi) is 4.52. The van der Waals surface area contributed by atoms with Crippen LogP contribution in [-0.2, 0) is 4.79 Å². The highest BCUT2D eigenvalue weighted by Crippen LogP contribution is 2.28. The largest absolute Gasteiger partial charge is 0.321 e. The maximum atomic E-state index is 12.0. The van der Waals surface area contributed by atoms with Crippen molar-refractivity contribution >= 4 is 34.6 Å². The zero-order valence-corrected chi connectivity index (χ0v) is 13.5. The SMILES string of the molecule is CC(=NNC(=O)C1CC1)c1ccc(NC(=O)c2cccs2)cc1. The van der Waals surface area contributed by atoms with Gasteiger partial charge in [-0.25, -0.2) is 5.43 Å². The molecule has 1 fully saturated rings. The van der Waals surface area contributed by atoms with Crippen LogP contribution in [-0.4, -0.2) is 17.5 Å². The molecule has 23 heavy (non-hydrogen) atoms. The molecule has 0 aliphatic heterocycles. The van der Waals surface area contributed by atoms with E-state index in [2.05, 4.69) is 15.8 Å². The second kappa shape index (κ2) is 6.75. The monoisotopic (exact) mass is 327 g/mol. The summed E-state index contributed by atoms with van der Waals surface area (Å²) in [6, 6.07) is 11.0. The molecule has 0 radical (unpaired) electrons. The van der Waals surface area contributed by atoms with Crippen molar-refractivity contribution in [3.8, 4) is 0 Å². The lowest BCUT2D eigenvalue weighted by Crippen LogP contribution is -2.20. The van der Waals surface area contributed by atoms with Gasteiger partial charge in [0, 0.05) is 11.6 Å². The summed E-state index contributed by atoms with van der Waals surface area (Å²) in [6.45, 7) is 1.84. The van der Waals surface area contributed by atoms with Gasteiger partial charge in [-0.05, 0) is 48.9 Å². The molecular weight excluding hydrogens is 310 g/mol. The van der Waals surface area contributed by atoms with Gasteiger partial charge in [0.1, 0.15) is 0 Å². The number of anilines is 1. The van der Waals surface area contributed by atoms with Crippen molar-refractivity contribution in [1.29, 1.82) is 0 Å². The lowest BCUT2D eigenvalue weighted by Gasteiger charge is -2.06. The molecule has 1 aliphatic carbocycles. The number of benzene rings is 1. The number of hydrazone groups is 1. The van der Waals surface area contributed by atoms with Gasteiger partial charge in [-0.15, -0.1) is 11.3 Å². The van der Waals surface area contributed by atoms with Crippen molar-refractivity contribution in [2.75, 3.05) is 5.32 Å². The van der Waals surface area contributed by atoms with E-state index in [0.717, 1.165) is 29.8 Å². The van der Waals surface area contributed by atoms with Crippen LogP contribution in [0.15, 0.2) is 46.9 Å². The average Bonchev–Trinajstić information content (AvgIpc) is 3.27. The number of carbonyl (C=O) groups excluding carboxylic acids is 2. The molecule has 1 aromatic carbocycles. The minimum atomic E-state index is -0.116. The zero-order valence-electron chi connectivity index (χ0n) is 12.7. The highest BCUT2D eigenvalue weighted by atomic mass is 32.1. The van der Waals surface area contributed by atoms with Crippen LogP contribution in [0.1, 0.15) is 35.0 Å². The van der Waals surface area contributed by atoms with Gasteiger partial charge < -0.3 is 5.32 Å². The summed E-state index contributed by atoms with van der Waals surface area (Å²) in [5, 5.41) is 8.83. The molecule has 0 bridgehead atoms. The third-order valence-electron chi connectivity index (χ3n) is 3.59. The third kappa shape index (κ3) is 4.04. The summed E-state index contributed by atoms with van der Waals surface area (Å²) in [4.78, 5) is 24.2. The zero-order chi connectivity index (χ0) is 16.2. The van der Waals surface area contributed by atoms with Crippen molar-refractivity contribution in [2.24, 2.45) is 11.0 Å². The molecule has 6 heteroatoms. The summed E-state index contributed by atoms with van der Waals surface area (Å²) < 4.78 is 0. The Labute approximate surface area is 138 Å². The molecule has 2 N–H and O–H groups in total. The predicted octanol–water partition coefficient (Wildman–Crippen LogP) is 3.25. The van der Waals surface area contributed by atoms with Crippen LogP contribution in [0.2, 0.25) is 0 Å². The van der Waals surface area contributed by atoms with E-state index >= 15 is 0 Å². The van der Waals surface area contributed by atoms with Gasteiger partial charge in [0.15, 0.2) is 0 Å². The van der Waals surface area contributed by atoms with E-state index in [1.165, 1.54) is 11.3 Å². The predicted molar refractivity (Wildman–Crippen MR) is 91.8 cm³/mol. The second-order valence-corrected chi connectivity index (χ2v) is 6.40. The maximum absolute atomic E-state index is 12.0. The molecule has 0 saturated heterocycles. The fraction of sp³-hybridized carbons (Fsp3) is 0.235. The molecule has 0 atom stereocenters. The lowest BCUT2D eigenvalue weighted by atomic mass is 10.1. The number of nitrogens with one attached hydrogen (secondary N) is 2. The number of nitrogens with zero attached hydrogens (tertiary/aromatic N) is 1. The normalized spacial score (nSPS) is 14.4. The summed E-state index contributed by atoms with van der Waals surface area (Å²) in [7, 11) is 0. The Morgan fingerprint density at radius 3 is 2.52 bits per heavy atom. The van der Waals surface area contributed by atoms with Gasteiger partial charge in [-0.2, -0.15) is 5.10 Å². The van der Waals surface area contributed by atoms with Gasteiger partial charge in [-0.3, -0.25) is 9.59 Å². The fourth-order valence-corrected chi connectivity index (χ4v) is 2.65. The van der Waals surface area contributed by atoms with Crippen molar-refractivity contribution in [2.45, 2.75) is 19.8 Å². The van der Waals surface area contributed by atoms with E-state index in [1.54, 1.807) is 6.07 Å². The highest BCUT2D eigenvalue weighted by molar-refractivity contribution is 7.12. The number of hydrogen-bond acceptors (Lipinski definition) is 4. The molecule has 0 spiro atoms. The van der Waals surface area contributed by atoms with Crippen molar-refractivity contribution < 1.29 is 9.59 Å². The molecule has 3 rings (SSSR count). The van der Waals surface area contributed by atoms with Crippen LogP contribution in [0.4, 0.5) is 5.69 Å². The maximum Gasteiger partial charge on any atom is 0.265 e. The Balaban J connectivity index is 1.60. The van der Waals surface area contributed by atoms with Crippen molar-refractivity contribution in [1.82, 2.24) is 5.43 Å². The van der Waals surface area contributed by atoms with Gasteiger partial charge in [0.2, 0.25) is 5.91 Å². The summed E-state index contributed by atoms with van der Waals surface area (Å²) in [6.07, 6.45) is 1.91. The fourth-order valence-electron chi connectivity index (χ4n) is 2.04. The van der Waals surface area contributed by atoms with Gasteiger partial charge >= 0.3 is 0 Å². The van der Waals surface area contributed by atoms with Crippen molar-refractivity contribution in [3.05, 3.63) is 52.2 Å². The lowest BCUT2D eigenvalue weighted by molar-refractivity contribution is -0.122. The standard InChI is InChI=1S/C17H17N3O2S/c1-11(19-20-16(21)13-4-5-13)12-6-8-14(9-7-12)18-17(22)15-3-2-10-23-15/h2-3,6-10,13H,4-5H2,1H3,(H,18,22)(H,20,21). The highest BCUT2D eigenvalue weighted by Gasteiger charge is 2.29. The van der Waals surface area contributed by atoms with Gasteiger partial charge in [0.25, 0.3) is 5.91 Å². The van der Waals surface area contributed by atoms with Gasteiger partial charge in [-0.1, -0.05) is 18.2 Å². The molecular formula is C17H17N3O2S. The van der Waals surface area contributed by atoms with Gasteiger partial charge in [0.05, 0.1) is 10.6 Å². The smallest absolute Gasteiger partial charge is 0.265 e. The summed E-state index contributed by atoms with van der Waals surface area (Å²) in [5.41, 5.74) is 4.94. The van der Waals surface area contributed by atoms with E-state index in [4.69, 9.17) is 0 Å². The topological polar surface area (TPSA) is 70.6 Å². The van der Waals surface area contributed by atoms with E-state index in [9.17, 15) is 9.59 Å². The number of amides is 2. The molecule has 1 aliphatic rings. The van der Waals surface area contributed by atoms with Crippen LogP contribution in [0.5, 0.6) is 0 Å². The molecule has 1 aromatic heterocycles. The Bertz CT molecular complexity index is 732. The number of carbonyl (C=O) groups is 2. The van der Waals surface area contributed by atoms with Crippen LogP contribution >= 0.6 is 11.3 Å². The first-order valence-corrected chi connectivity index (χ1v) is 8.31. The summed E-state index contributed by atoms with van der Waals surface area (Å²) >= 11 is 1.40. The molecule has 118 valence electrons. The van der Waals surface area contributed by atoms with Crippen molar-refractivity contribution in [3.63, 3.8) is 0 Å². The van der Waals surface area contributed by atoms with Crippen LogP contribution in [0.25, 0.3) is 0 Å². The second-order valence-electron chi connectivity index (χ2n) is 5.46. The van der Waals surface area contributed by atoms with E-state index in [-0.39, 0.29) is 17.7 Å². The third-order valence-corrected chi connectivity index (χ3v) is 4.46. The first-order chi connectivity index (χ1) is 11.1. The van der Waals surface area contributed by atoms with E-state index in [0.29, 0.717) is 4.88 Å². The Morgan fingerprint density at radius 2 is 1.91 bits per heavy atom. The minimum Gasteiger partial charge on any atom is -0.321 e. The number of thiophene rings is 1. The van der Waals surface area contributed by atoms with Crippen LogP contribution in [0, 0.1) is 5.92 Å². The number of hydrogen-bond donors (Lipinski definition) is 2. The molecule has 2 amide bonds. The molecule has 1 saturated carbocycles. The molecule has 1 heterocycles. The minimum absolute atomic E-state index is 0.0100. The molecule has 2 aromatic rings. The van der Waals surface area contributed by atoms with E-state index in [1.807, 2.05) is 42.6 Å². The first-order valence-electron chi connectivity index (χ1n) is 7.43. The van der Waals surface area contributed by atoms with Crippen LogP contribution in [0.3, 0.4) is 0 Å². The molecule has 5 nitrogen and oxygen atoms in total. The number of rotatable bonds is 5. The van der Waals surface area contributed by atoms with E-state index < -0.39 is 0 Å². The Hall–Kier alpha value is -2.47. The quantitative estimate of drug-likeness (QED) is 0.654. The molecule has 0 unspecified atom stereocenters. The van der Waals surface area contributed by atoms with Crippen LogP contribution < -0.4 is 10.7 Å². The first kappa shape index (κ1) is 15.4. The average molecular weight is 327 g/mol. The summed E-state index contributed by atoms with van der Waals surface area (Å²) in [5.74, 6) is 0.0143.